The SMILES string of the molecule is CCNC(=NCc1cccc(C(=O)NCCN(C)C)c1)N1CCCC1.I. The fourth-order valence-corrected chi connectivity index (χ4v) is 2.83. The summed E-state index contributed by atoms with van der Waals surface area (Å²) in [6.45, 7) is 7.15. The molecule has 26 heavy (non-hydrogen) atoms. The number of nitrogens with zero attached hydrogens (tertiary/aromatic N) is 3. The van der Waals surface area contributed by atoms with Gasteiger partial charge in [-0.05, 0) is 51.6 Å². The first-order valence-corrected chi connectivity index (χ1v) is 9.15. The maximum absolute atomic E-state index is 12.2. The van der Waals surface area contributed by atoms with Crippen LogP contribution in [-0.4, -0.2) is 68.5 Å². The molecule has 0 radical (unpaired) electrons. The molecule has 1 fully saturated rings. The third-order valence-corrected chi connectivity index (χ3v) is 4.19. The zero-order chi connectivity index (χ0) is 18.1. The summed E-state index contributed by atoms with van der Waals surface area (Å²) in [5, 5.41) is 6.31. The van der Waals surface area contributed by atoms with Gasteiger partial charge in [0.1, 0.15) is 0 Å². The van der Waals surface area contributed by atoms with Gasteiger partial charge < -0.3 is 20.4 Å². The minimum atomic E-state index is -0.0286. The number of carbonyl (C=O) groups is 1. The van der Waals surface area contributed by atoms with Crippen molar-refractivity contribution in [2.45, 2.75) is 26.3 Å². The zero-order valence-electron chi connectivity index (χ0n) is 16.1. The number of guanidine groups is 1. The number of hydrogen-bond donors (Lipinski definition) is 2. The Labute approximate surface area is 174 Å². The van der Waals surface area contributed by atoms with Crippen LogP contribution in [0, 0.1) is 0 Å². The molecule has 0 unspecified atom stereocenters. The summed E-state index contributed by atoms with van der Waals surface area (Å²) >= 11 is 0. The van der Waals surface area contributed by atoms with Crippen LogP contribution in [0.4, 0.5) is 0 Å². The number of hydrogen-bond acceptors (Lipinski definition) is 3. The summed E-state index contributed by atoms with van der Waals surface area (Å²) < 4.78 is 0. The maximum atomic E-state index is 12.2. The molecule has 7 heteroatoms. The van der Waals surface area contributed by atoms with Crippen molar-refractivity contribution < 1.29 is 4.79 Å². The van der Waals surface area contributed by atoms with Gasteiger partial charge in [-0.2, -0.15) is 0 Å². The van der Waals surface area contributed by atoms with E-state index in [-0.39, 0.29) is 29.9 Å². The van der Waals surface area contributed by atoms with Gasteiger partial charge in [-0.3, -0.25) is 4.79 Å². The molecule has 0 bridgehead atoms. The van der Waals surface area contributed by atoms with E-state index in [0.717, 1.165) is 37.7 Å². The Hall–Kier alpha value is -1.35. The standard InChI is InChI=1S/C19H31N5O.HI/c1-4-20-19(24-11-5-6-12-24)22-15-16-8-7-9-17(14-16)18(25)21-10-13-23(2)3;/h7-9,14H,4-6,10-13,15H2,1-3H3,(H,20,22)(H,21,25);1H. The predicted molar refractivity (Wildman–Crippen MR) is 118 cm³/mol. The number of rotatable bonds is 7. The van der Waals surface area contributed by atoms with Gasteiger partial charge in [-0.15, -0.1) is 24.0 Å². The van der Waals surface area contributed by atoms with Crippen molar-refractivity contribution in [3.8, 4) is 0 Å². The van der Waals surface area contributed by atoms with Crippen molar-refractivity contribution in [3.05, 3.63) is 35.4 Å². The third-order valence-electron chi connectivity index (χ3n) is 4.19. The molecule has 0 aliphatic carbocycles. The summed E-state index contributed by atoms with van der Waals surface area (Å²) in [6, 6.07) is 7.73. The summed E-state index contributed by atoms with van der Waals surface area (Å²) in [4.78, 5) is 21.3. The van der Waals surface area contributed by atoms with Crippen LogP contribution in [0.2, 0.25) is 0 Å². The van der Waals surface area contributed by atoms with Gasteiger partial charge in [0.15, 0.2) is 5.96 Å². The Morgan fingerprint density at radius 1 is 1.23 bits per heavy atom. The van der Waals surface area contributed by atoms with Crippen molar-refractivity contribution in [3.63, 3.8) is 0 Å². The Balaban J connectivity index is 0.00000338. The summed E-state index contributed by atoms with van der Waals surface area (Å²) in [7, 11) is 3.99. The van der Waals surface area contributed by atoms with Gasteiger partial charge in [-0.25, -0.2) is 4.99 Å². The van der Waals surface area contributed by atoms with Gasteiger partial charge in [-0.1, -0.05) is 12.1 Å². The fraction of sp³-hybridized carbons (Fsp3) is 0.579. The third kappa shape index (κ3) is 7.49. The summed E-state index contributed by atoms with van der Waals surface area (Å²) in [5.41, 5.74) is 1.74. The number of aliphatic imine (C=N–C) groups is 1. The van der Waals surface area contributed by atoms with Crippen LogP contribution < -0.4 is 10.6 Å². The Morgan fingerprint density at radius 3 is 2.62 bits per heavy atom. The second kappa shape index (κ2) is 12.1. The molecule has 1 aromatic carbocycles. The molecule has 1 aromatic rings. The van der Waals surface area contributed by atoms with E-state index in [1.807, 2.05) is 43.3 Å². The molecule has 6 nitrogen and oxygen atoms in total. The predicted octanol–water partition coefficient (Wildman–Crippen LogP) is 2.16. The Bertz CT molecular complexity index is 585. The molecule has 2 rings (SSSR count). The molecule has 0 saturated carbocycles. The van der Waals surface area contributed by atoms with Crippen LogP contribution in [-0.2, 0) is 6.54 Å². The smallest absolute Gasteiger partial charge is 0.251 e. The minimum absolute atomic E-state index is 0. The first kappa shape index (κ1) is 22.7. The molecule has 0 atom stereocenters. The van der Waals surface area contributed by atoms with Crippen LogP contribution in [0.25, 0.3) is 0 Å². The maximum Gasteiger partial charge on any atom is 0.251 e. The molecule has 0 spiro atoms. The second-order valence-corrected chi connectivity index (χ2v) is 6.62. The number of likely N-dealkylation sites (N-methyl/N-ethyl adjacent to an activating group) is 1. The molecule has 1 aliphatic heterocycles. The first-order chi connectivity index (χ1) is 12.1. The molecular formula is C19H32IN5O. The Kier molecular flexibility index (Phi) is 10.6. The molecule has 1 amide bonds. The van der Waals surface area contributed by atoms with Gasteiger partial charge >= 0.3 is 0 Å². The van der Waals surface area contributed by atoms with E-state index in [1.54, 1.807) is 0 Å². The van der Waals surface area contributed by atoms with Crippen LogP contribution in [0.5, 0.6) is 0 Å². The fourth-order valence-electron chi connectivity index (χ4n) is 2.83. The highest BCUT2D eigenvalue weighted by atomic mass is 127. The normalized spacial score (nSPS) is 14.3. The first-order valence-electron chi connectivity index (χ1n) is 9.15. The topological polar surface area (TPSA) is 60.0 Å². The van der Waals surface area contributed by atoms with Crippen LogP contribution >= 0.6 is 24.0 Å². The van der Waals surface area contributed by atoms with Crippen LogP contribution in [0.1, 0.15) is 35.7 Å². The lowest BCUT2D eigenvalue weighted by atomic mass is 10.1. The van der Waals surface area contributed by atoms with E-state index in [0.29, 0.717) is 18.7 Å². The number of benzene rings is 1. The molecular weight excluding hydrogens is 441 g/mol. The summed E-state index contributed by atoms with van der Waals surface area (Å²) in [6.07, 6.45) is 2.46. The lowest BCUT2D eigenvalue weighted by Gasteiger charge is -2.20. The van der Waals surface area contributed by atoms with Gasteiger partial charge in [0, 0.05) is 38.3 Å². The average molecular weight is 473 g/mol. The highest BCUT2D eigenvalue weighted by Crippen LogP contribution is 2.10. The lowest BCUT2D eigenvalue weighted by Crippen LogP contribution is -2.39. The number of amides is 1. The average Bonchev–Trinajstić information content (AvgIpc) is 3.13. The molecule has 1 heterocycles. The molecule has 146 valence electrons. The largest absolute Gasteiger partial charge is 0.357 e. The second-order valence-electron chi connectivity index (χ2n) is 6.62. The van der Waals surface area contributed by atoms with E-state index in [4.69, 9.17) is 4.99 Å². The zero-order valence-corrected chi connectivity index (χ0v) is 18.5. The molecule has 0 aromatic heterocycles. The highest BCUT2D eigenvalue weighted by Gasteiger charge is 2.15. The van der Waals surface area contributed by atoms with Crippen LogP contribution in [0.15, 0.2) is 29.3 Å². The van der Waals surface area contributed by atoms with E-state index < -0.39 is 0 Å². The van der Waals surface area contributed by atoms with Crippen molar-refractivity contribution in [2.24, 2.45) is 4.99 Å². The van der Waals surface area contributed by atoms with E-state index in [2.05, 4.69) is 22.5 Å². The van der Waals surface area contributed by atoms with E-state index in [1.165, 1.54) is 12.8 Å². The van der Waals surface area contributed by atoms with E-state index >= 15 is 0 Å². The number of carbonyl (C=O) groups excluding carboxylic acids is 1. The number of halogens is 1. The van der Waals surface area contributed by atoms with Crippen molar-refractivity contribution in [1.29, 1.82) is 0 Å². The van der Waals surface area contributed by atoms with Gasteiger partial charge in [0.05, 0.1) is 6.54 Å². The van der Waals surface area contributed by atoms with E-state index in [9.17, 15) is 4.79 Å². The molecule has 1 saturated heterocycles. The monoisotopic (exact) mass is 473 g/mol. The van der Waals surface area contributed by atoms with Crippen molar-refractivity contribution in [1.82, 2.24) is 20.4 Å². The molecule has 2 N–H and O–H groups in total. The highest BCUT2D eigenvalue weighted by molar-refractivity contribution is 14.0. The quantitative estimate of drug-likeness (QED) is 0.362. The van der Waals surface area contributed by atoms with Gasteiger partial charge in [0.25, 0.3) is 5.91 Å². The Morgan fingerprint density at radius 2 is 1.96 bits per heavy atom. The lowest BCUT2D eigenvalue weighted by molar-refractivity contribution is 0.0951. The number of nitrogens with one attached hydrogen (secondary N) is 2. The minimum Gasteiger partial charge on any atom is -0.357 e. The summed E-state index contributed by atoms with van der Waals surface area (Å²) in [5.74, 6) is 0.944. The molecule has 1 aliphatic rings. The van der Waals surface area contributed by atoms with Gasteiger partial charge in [0.2, 0.25) is 0 Å². The number of likely N-dealkylation sites (tertiary alicyclic amines) is 1. The van der Waals surface area contributed by atoms with Crippen LogP contribution in [0.3, 0.4) is 0 Å². The van der Waals surface area contributed by atoms with Crippen molar-refractivity contribution in [2.75, 3.05) is 46.8 Å². The van der Waals surface area contributed by atoms with Crippen molar-refractivity contribution >= 4 is 35.8 Å².